The maximum absolute atomic E-state index is 5.90. The van der Waals surface area contributed by atoms with Crippen molar-refractivity contribution < 1.29 is 4.74 Å². The molecule has 2 heterocycles. The van der Waals surface area contributed by atoms with Gasteiger partial charge in [-0.2, -0.15) is 0 Å². The van der Waals surface area contributed by atoms with Crippen molar-refractivity contribution in [1.29, 1.82) is 0 Å². The minimum absolute atomic E-state index is 0.541. The van der Waals surface area contributed by atoms with Crippen LogP contribution in [-0.2, 0) is 0 Å². The Morgan fingerprint density at radius 3 is 2.70 bits per heavy atom. The molecule has 0 bridgehead atoms. The van der Waals surface area contributed by atoms with E-state index in [1.807, 2.05) is 44.2 Å². The summed E-state index contributed by atoms with van der Waals surface area (Å²) in [7, 11) is 0. The van der Waals surface area contributed by atoms with Gasteiger partial charge in [-0.15, -0.1) is 0 Å². The van der Waals surface area contributed by atoms with E-state index < -0.39 is 0 Å². The van der Waals surface area contributed by atoms with Crippen molar-refractivity contribution in [3.05, 3.63) is 52.5 Å². The number of aryl methyl sites for hydroxylation is 2. The number of pyridine rings is 1. The van der Waals surface area contributed by atoms with Gasteiger partial charge in [0.1, 0.15) is 10.9 Å². The third-order valence-corrected chi connectivity index (χ3v) is 3.56. The Hall–Kier alpha value is -2.01. The molecule has 0 spiro atoms. The van der Waals surface area contributed by atoms with Gasteiger partial charge in [-0.25, -0.2) is 15.0 Å². The lowest BCUT2D eigenvalue weighted by Crippen LogP contribution is -1.95. The van der Waals surface area contributed by atoms with Gasteiger partial charge in [-0.05, 0) is 53.5 Å². The Bertz CT molecular complexity index is 784. The summed E-state index contributed by atoms with van der Waals surface area (Å²) in [6.07, 6.45) is 1.51. The number of rotatable bonds is 2. The average molecular weight is 330 g/mol. The first-order chi connectivity index (χ1) is 9.65. The Morgan fingerprint density at radius 2 is 1.90 bits per heavy atom. The van der Waals surface area contributed by atoms with Crippen LogP contribution in [0.15, 0.2) is 41.3 Å². The van der Waals surface area contributed by atoms with E-state index in [0.717, 1.165) is 22.2 Å². The van der Waals surface area contributed by atoms with Gasteiger partial charge in [-0.3, -0.25) is 0 Å². The second-order valence-corrected chi connectivity index (χ2v) is 5.24. The van der Waals surface area contributed by atoms with E-state index in [1.54, 1.807) is 0 Å². The molecular weight excluding hydrogens is 318 g/mol. The van der Waals surface area contributed by atoms with Gasteiger partial charge in [0, 0.05) is 5.69 Å². The fraction of sp³-hybridized carbons (Fsp3) is 0.133. The summed E-state index contributed by atoms with van der Waals surface area (Å²) in [5, 5.41) is 0.919. The number of hydrogen-bond acceptors (Lipinski definition) is 4. The van der Waals surface area contributed by atoms with Crippen molar-refractivity contribution >= 4 is 26.8 Å². The predicted molar refractivity (Wildman–Crippen MR) is 81.0 cm³/mol. The van der Waals surface area contributed by atoms with Crippen LogP contribution < -0.4 is 4.74 Å². The van der Waals surface area contributed by atoms with Crippen molar-refractivity contribution in [2.24, 2.45) is 0 Å². The van der Waals surface area contributed by atoms with Gasteiger partial charge in [-0.1, -0.05) is 12.1 Å². The lowest BCUT2D eigenvalue weighted by molar-refractivity contribution is 0.462. The minimum atomic E-state index is 0.541. The summed E-state index contributed by atoms with van der Waals surface area (Å²) >= 11 is 3.41. The molecule has 0 aliphatic rings. The molecule has 4 nitrogen and oxygen atoms in total. The number of aromatic nitrogens is 3. The number of benzene rings is 1. The van der Waals surface area contributed by atoms with Crippen molar-refractivity contribution in [3.63, 3.8) is 0 Å². The molecule has 3 rings (SSSR count). The quantitative estimate of drug-likeness (QED) is 0.661. The van der Waals surface area contributed by atoms with Crippen molar-refractivity contribution in [2.45, 2.75) is 13.8 Å². The van der Waals surface area contributed by atoms with Gasteiger partial charge in [0.25, 0.3) is 0 Å². The lowest BCUT2D eigenvalue weighted by Gasteiger charge is -2.10. The number of hydrogen-bond donors (Lipinski definition) is 0. The van der Waals surface area contributed by atoms with Crippen LogP contribution in [0, 0.1) is 13.8 Å². The molecule has 0 fully saturated rings. The molecule has 0 aliphatic heterocycles. The highest BCUT2D eigenvalue weighted by molar-refractivity contribution is 9.10. The molecule has 1 aromatic carbocycles. The van der Waals surface area contributed by atoms with Crippen molar-refractivity contribution in [1.82, 2.24) is 15.0 Å². The first kappa shape index (κ1) is 13.0. The number of halogens is 1. The normalized spacial score (nSPS) is 10.8. The van der Waals surface area contributed by atoms with Crippen molar-refractivity contribution in [2.75, 3.05) is 0 Å². The summed E-state index contributed by atoms with van der Waals surface area (Å²) in [5.41, 5.74) is 2.87. The molecule has 0 radical (unpaired) electrons. The molecule has 2 aromatic heterocycles. The molecule has 0 unspecified atom stereocenters. The monoisotopic (exact) mass is 329 g/mol. The lowest BCUT2D eigenvalue weighted by atomic mass is 10.1. The SMILES string of the molecule is Cc1ccc(Oc2ncnc3cccc(C)c23)c(Br)n1. The second-order valence-electron chi connectivity index (χ2n) is 4.49. The highest BCUT2D eigenvalue weighted by atomic mass is 79.9. The maximum atomic E-state index is 5.90. The van der Waals surface area contributed by atoms with E-state index in [0.29, 0.717) is 16.2 Å². The minimum Gasteiger partial charge on any atom is -0.435 e. The Kier molecular flexibility index (Phi) is 3.36. The van der Waals surface area contributed by atoms with Crippen LogP contribution in [0.4, 0.5) is 0 Å². The number of nitrogens with zero attached hydrogens (tertiary/aromatic N) is 3. The first-order valence-corrected chi connectivity index (χ1v) is 6.96. The number of fused-ring (bicyclic) bond motifs is 1. The topological polar surface area (TPSA) is 47.9 Å². The zero-order valence-corrected chi connectivity index (χ0v) is 12.7. The summed E-state index contributed by atoms with van der Waals surface area (Å²) < 4.78 is 6.56. The average Bonchev–Trinajstić information content (AvgIpc) is 2.42. The molecule has 0 amide bonds. The van der Waals surface area contributed by atoms with Gasteiger partial charge in [0.15, 0.2) is 5.75 Å². The fourth-order valence-corrected chi connectivity index (χ4v) is 2.51. The van der Waals surface area contributed by atoms with Gasteiger partial charge >= 0.3 is 0 Å². The highest BCUT2D eigenvalue weighted by Crippen LogP contribution is 2.32. The molecule has 0 atom stereocenters. The molecule has 100 valence electrons. The first-order valence-electron chi connectivity index (χ1n) is 6.16. The zero-order chi connectivity index (χ0) is 14.1. The molecular formula is C15H12BrN3O. The van der Waals surface area contributed by atoms with Crippen LogP contribution in [0.2, 0.25) is 0 Å². The van der Waals surface area contributed by atoms with Gasteiger partial charge < -0.3 is 4.74 Å². The van der Waals surface area contributed by atoms with Crippen LogP contribution in [0.5, 0.6) is 11.6 Å². The molecule has 0 saturated heterocycles. The van der Waals surface area contributed by atoms with E-state index in [2.05, 4.69) is 30.9 Å². The third-order valence-electron chi connectivity index (χ3n) is 3.00. The van der Waals surface area contributed by atoms with Crippen molar-refractivity contribution in [3.8, 4) is 11.6 Å². The number of ether oxygens (including phenoxy) is 1. The smallest absolute Gasteiger partial charge is 0.230 e. The van der Waals surface area contributed by atoms with E-state index in [9.17, 15) is 0 Å². The molecule has 0 saturated carbocycles. The second kappa shape index (κ2) is 5.17. The standard InChI is InChI=1S/C15H12BrN3O/c1-9-4-3-5-11-13(9)15(18-8-17-11)20-12-7-6-10(2)19-14(12)16/h3-8H,1-2H3. The van der Waals surface area contributed by atoms with E-state index in [4.69, 9.17) is 4.74 Å². The fourth-order valence-electron chi connectivity index (χ4n) is 2.02. The van der Waals surface area contributed by atoms with E-state index in [1.165, 1.54) is 6.33 Å². The van der Waals surface area contributed by atoms with Crippen LogP contribution >= 0.6 is 15.9 Å². The summed E-state index contributed by atoms with van der Waals surface area (Å²) in [6, 6.07) is 9.70. The van der Waals surface area contributed by atoms with E-state index >= 15 is 0 Å². The van der Waals surface area contributed by atoms with Crippen LogP contribution in [0.1, 0.15) is 11.3 Å². The highest BCUT2D eigenvalue weighted by Gasteiger charge is 2.11. The van der Waals surface area contributed by atoms with Gasteiger partial charge in [0.2, 0.25) is 5.88 Å². The molecule has 3 aromatic rings. The molecule has 0 aliphatic carbocycles. The summed E-state index contributed by atoms with van der Waals surface area (Å²) in [5.74, 6) is 1.18. The predicted octanol–water partition coefficient (Wildman–Crippen LogP) is 4.20. The molecule has 5 heteroatoms. The van der Waals surface area contributed by atoms with Gasteiger partial charge in [0.05, 0.1) is 10.9 Å². The third kappa shape index (κ3) is 2.36. The molecule has 20 heavy (non-hydrogen) atoms. The van der Waals surface area contributed by atoms with Crippen LogP contribution in [-0.4, -0.2) is 15.0 Å². The largest absolute Gasteiger partial charge is 0.435 e. The van der Waals surface area contributed by atoms with Crippen LogP contribution in [0.25, 0.3) is 10.9 Å². The van der Waals surface area contributed by atoms with Crippen LogP contribution in [0.3, 0.4) is 0 Å². The maximum Gasteiger partial charge on any atom is 0.230 e. The van der Waals surface area contributed by atoms with E-state index in [-0.39, 0.29) is 0 Å². The summed E-state index contributed by atoms with van der Waals surface area (Å²) in [4.78, 5) is 12.8. The Labute approximate surface area is 125 Å². The zero-order valence-electron chi connectivity index (χ0n) is 11.1. The Balaban J connectivity index is 2.11. The summed E-state index contributed by atoms with van der Waals surface area (Å²) in [6.45, 7) is 3.94. The Morgan fingerprint density at radius 1 is 1.05 bits per heavy atom. The molecule has 0 N–H and O–H groups in total.